The van der Waals surface area contributed by atoms with Crippen molar-refractivity contribution in [1.29, 1.82) is 0 Å². The van der Waals surface area contributed by atoms with Crippen molar-refractivity contribution < 1.29 is 5.11 Å². The van der Waals surface area contributed by atoms with E-state index in [4.69, 9.17) is 0 Å². The average molecular weight is 176 g/mol. The van der Waals surface area contributed by atoms with Crippen molar-refractivity contribution in [2.45, 2.75) is 25.9 Å². The van der Waals surface area contributed by atoms with Crippen LogP contribution in [0.2, 0.25) is 0 Å². The van der Waals surface area contributed by atoms with Gasteiger partial charge in [-0.15, -0.1) is 0 Å². The van der Waals surface area contributed by atoms with Crippen LogP contribution in [0.3, 0.4) is 0 Å². The number of aliphatic hydroxyl groups excluding tert-OH is 1. The molecule has 1 nitrogen and oxygen atoms in total. The maximum absolute atomic E-state index is 10.3. The summed E-state index contributed by atoms with van der Waals surface area (Å²) >= 11 is 0. The summed E-state index contributed by atoms with van der Waals surface area (Å²) in [5, 5.41) is 10.3. The number of hydrogen-bond donors (Lipinski definition) is 1. The van der Waals surface area contributed by atoms with Gasteiger partial charge in [0.15, 0.2) is 0 Å². The molecule has 0 aromatic rings. The first-order chi connectivity index (χ1) is 6.23. The van der Waals surface area contributed by atoms with Gasteiger partial charge in [-0.1, -0.05) is 6.92 Å². The Bertz CT molecular complexity index is 312. The number of rotatable bonds is 0. The molecule has 0 spiro atoms. The lowest BCUT2D eigenvalue weighted by molar-refractivity contribution is 0.0629. The monoisotopic (exact) mass is 176 g/mol. The minimum atomic E-state index is 0.113. The van der Waals surface area contributed by atoms with Crippen LogP contribution in [0.25, 0.3) is 0 Å². The molecule has 6 fully saturated rings. The Morgan fingerprint density at radius 2 is 1.92 bits per heavy atom. The minimum Gasteiger partial charge on any atom is -0.392 e. The molecule has 0 aliphatic heterocycles. The van der Waals surface area contributed by atoms with Gasteiger partial charge in [0.25, 0.3) is 0 Å². The van der Waals surface area contributed by atoms with Crippen molar-refractivity contribution >= 4 is 0 Å². The predicted octanol–water partition coefficient (Wildman–Crippen LogP) is 1.52. The molecule has 6 bridgehead atoms. The standard InChI is InChI=1S/C12H16O/c1-12-3-6-4-2-5-7(6)10(12)11(13)8(5)9(4)12/h4-11,13H,2-3H2,1H3/t4-,5+,6?,7?,8?,9?,10?,11?,12+/m0/s1. The van der Waals surface area contributed by atoms with E-state index in [2.05, 4.69) is 6.92 Å². The summed E-state index contributed by atoms with van der Waals surface area (Å²) in [6.07, 6.45) is 3.08. The fourth-order valence-electron chi connectivity index (χ4n) is 7.14. The number of aliphatic hydroxyl groups is 1. The summed E-state index contributed by atoms with van der Waals surface area (Å²) in [4.78, 5) is 0. The highest BCUT2D eigenvalue weighted by atomic mass is 16.3. The highest BCUT2D eigenvalue weighted by Gasteiger charge is 2.84. The first-order valence-electron chi connectivity index (χ1n) is 5.91. The van der Waals surface area contributed by atoms with Crippen LogP contribution in [0.5, 0.6) is 0 Å². The molecule has 6 saturated carbocycles. The Hall–Kier alpha value is -0.0400. The van der Waals surface area contributed by atoms with Crippen LogP contribution in [0.1, 0.15) is 19.8 Å². The zero-order valence-corrected chi connectivity index (χ0v) is 7.98. The maximum Gasteiger partial charge on any atom is 0.0610 e. The number of hydrogen-bond acceptors (Lipinski definition) is 1. The molecule has 9 atom stereocenters. The summed E-state index contributed by atoms with van der Waals surface area (Å²) < 4.78 is 0. The molecule has 6 rings (SSSR count). The van der Waals surface area contributed by atoms with Crippen LogP contribution < -0.4 is 0 Å². The van der Waals surface area contributed by atoms with E-state index in [1.54, 1.807) is 0 Å². The second kappa shape index (κ2) is 1.41. The highest BCUT2D eigenvalue weighted by molar-refractivity contribution is 5.31. The van der Waals surface area contributed by atoms with Crippen LogP contribution >= 0.6 is 0 Å². The molecule has 1 N–H and O–H groups in total. The average Bonchev–Trinajstić information content (AvgIpc) is 2.70. The van der Waals surface area contributed by atoms with Crippen LogP contribution in [0.4, 0.5) is 0 Å². The van der Waals surface area contributed by atoms with Gasteiger partial charge in [0.1, 0.15) is 0 Å². The van der Waals surface area contributed by atoms with Crippen molar-refractivity contribution in [1.82, 2.24) is 0 Å². The van der Waals surface area contributed by atoms with Crippen LogP contribution in [-0.4, -0.2) is 11.2 Å². The molecule has 6 unspecified atom stereocenters. The third-order valence-corrected chi connectivity index (χ3v) is 6.83. The fraction of sp³-hybridized carbons (Fsp3) is 1.00. The van der Waals surface area contributed by atoms with E-state index in [1.807, 2.05) is 0 Å². The second-order valence-electron chi connectivity index (χ2n) is 6.63. The van der Waals surface area contributed by atoms with E-state index in [1.165, 1.54) is 12.8 Å². The SMILES string of the molecule is C[C@]12CC3C4C1C(O)C1C2[C@H]3C[C@H]41. The van der Waals surface area contributed by atoms with Gasteiger partial charge in [0, 0.05) is 0 Å². The first-order valence-corrected chi connectivity index (χ1v) is 5.91. The van der Waals surface area contributed by atoms with E-state index >= 15 is 0 Å². The van der Waals surface area contributed by atoms with E-state index in [0.29, 0.717) is 5.41 Å². The van der Waals surface area contributed by atoms with Gasteiger partial charge in [-0.25, -0.2) is 0 Å². The predicted molar refractivity (Wildman–Crippen MR) is 47.8 cm³/mol. The second-order valence-corrected chi connectivity index (χ2v) is 6.63. The smallest absolute Gasteiger partial charge is 0.0610 e. The molecule has 0 aromatic carbocycles. The molecular weight excluding hydrogens is 160 g/mol. The summed E-state index contributed by atoms with van der Waals surface area (Å²) in [6.45, 7) is 2.49. The molecule has 0 heterocycles. The molecule has 6 aliphatic rings. The maximum atomic E-state index is 10.3. The fourth-order valence-corrected chi connectivity index (χ4v) is 7.14. The molecule has 0 amide bonds. The van der Waals surface area contributed by atoms with Gasteiger partial charge in [-0.3, -0.25) is 0 Å². The normalized spacial score (nSPS) is 85.4. The summed E-state index contributed by atoms with van der Waals surface area (Å²) in [5.74, 6) is 6.49. The molecule has 0 saturated heterocycles. The molecule has 0 aromatic heterocycles. The van der Waals surface area contributed by atoms with Gasteiger partial charge in [0.2, 0.25) is 0 Å². The molecule has 13 heavy (non-hydrogen) atoms. The van der Waals surface area contributed by atoms with Gasteiger partial charge in [-0.05, 0) is 59.7 Å². The van der Waals surface area contributed by atoms with Crippen LogP contribution in [0.15, 0.2) is 0 Å². The first kappa shape index (κ1) is 6.44. The third-order valence-electron chi connectivity index (χ3n) is 6.83. The Labute approximate surface area is 78.5 Å². The highest BCUT2D eigenvalue weighted by Crippen LogP contribution is 2.86. The van der Waals surface area contributed by atoms with Gasteiger partial charge < -0.3 is 5.11 Å². The third kappa shape index (κ3) is 0.366. The van der Waals surface area contributed by atoms with E-state index < -0.39 is 0 Å². The van der Waals surface area contributed by atoms with Crippen molar-refractivity contribution in [3.63, 3.8) is 0 Å². The Kier molecular flexibility index (Phi) is 0.697. The van der Waals surface area contributed by atoms with Gasteiger partial charge in [-0.2, -0.15) is 0 Å². The minimum absolute atomic E-state index is 0.113. The largest absolute Gasteiger partial charge is 0.392 e. The van der Waals surface area contributed by atoms with Crippen molar-refractivity contribution in [3.05, 3.63) is 0 Å². The Balaban J connectivity index is 1.89. The lowest BCUT2D eigenvalue weighted by Gasteiger charge is -2.39. The molecular formula is C12H16O. The summed E-state index contributed by atoms with van der Waals surface area (Å²) in [6, 6.07) is 0. The zero-order valence-electron chi connectivity index (χ0n) is 7.98. The van der Waals surface area contributed by atoms with Crippen LogP contribution in [0, 0.1) is 46.8 Å². The topological polar surface area (TPSA) is 20.2 Å². The molecule has 0 radical (unpaired) electrons. The van der Waals surface area contributed by atoms with Crippen molar-refractivity contribution in [2.24, 2.45) is 46.8 Å². The summed E-state index contributed by atoms with van der Waals surface area (Å²) in [5.41, 5.74) is 0.594. The molecule has 1 heteroatoms. The Morgan fingerprint density at radius 3 is 2.69 bits per heavy atom. The Morgan fingerprint density at radius 1 is 1.08 bits per heavy atom. The lowest BCUT2D eigenvalue weighted by Crippen LogP contribution is -2.36. The lowest BCUT2D eigenvalue weighted by atomic mass is 9.64. The molecule has 70 valence electrons. The summed E-state index contributed by atoms with van der Waals surface area (Å²) in [7, 11) is 0. The van der Waals surface area contributed by atoms with Gasteiger partial charge in [0.05, 0.1) is 6.10 Å². The van der Waals surface area contributed by atoms with E-state index in [0.717, 1.165) is 41.4 Å². The van der Waals surface area contributed by atoms with Crippen LogP contribution in [-0.2, 0) is 0 Å². The van der Waals surface area contributed by atoms with Crippen molar-refractivity contribution in [2.75, 3.05) is 0 Å². The van der Waals surface area contributed by atoms with Gasteiger partial charge >= 0.3 is 0 Å². The molecule has 6 aliphatic carbocycles. The van der Waals surface area contributed by atoms with E-state index in [9.17, 15) is 5.11 Å². The van der Waals surface area contributed by atoms with Crippen molar-refractivity contribution in [3.8, 4) is 0 Å². The quantitative estimate of drug-likeness (QED) is 0.593. The zero-order chi connectivity index (χ0) is 8.53. The van der Waals surface area contributed by atoms with E-state index in [-0.39, 0.29) is 6.10 Å².